The number of ether oxygens (including phenoxy) is 2. The van der Waals surface area contributed by atoms with Crippen LogP contribution < -0.4 is 16.6 Å². The number of aromatic amines is 1. The maximum atomic E-state index is 11.9. The highest BCUT2D eigenvalue weighted by Gasteiger charge is 2.23. The molecule has 0 aliphatic carbocycles. The van der Waals surface area contributed by atoms with Crippen molar-refractivity contribution >= 4 is 17.7 Å². The zero-order chi connectivity index (χ0) is 20.1. The summed E-state index contributed by atoms with van der Waals surface area (Å²) in [6, 6.07) is 7.42. The number of nitrogens with zero attached hydrogens (tertiary/aromatic N) is 1. The summed E-state index contributed by atoms with van der Waals surface area (Å²) in [5.41, 5.74) is 0.339. The van der Waals surface area contributed by atoms with Crippen molar-refractivity contribution in [2.75, 3.05) is 13.2 Å². The second-order valence-electron chi connectivity index (χ2n) is 6.30. The van der Waals surface area contributed by atoms with Crippen molar-refractivity contribution in [2.45, 2.75) is 25.7 Å². The lowest BCUT2D eigenvalue weighted by Gasteiger charge is -2.16. The lowest BCUT2D eigenvalue weighted by Crippen LogP contribution is -2.34. The van der Waals surface area contributed by atoms with Crippen LogP contribution in [0.2, 0.25) is 5.02 Å². The molecule has 2 heterocycles. The second kappa shape index (κ2) is 8.90. The zero-order valence-electron chi connectivity index (χ0n) is 15.2. The smallest absolute Gasteiger partial charge is 0.407 e. The highest BCUT2D eigenvalue weighted by Crippen LogP contribution is 2.19. The number of carbonyl (C=O) groups excluding carboxylic acids is 1. The Morgan fingerprint density at radius 3 is 2.89 bits per heavy atom. The molecule has 2 aromatic rings. The van der Waals surface area contributed by atoms with Gasteiger partial charge in [-0.25, -0.2) is 9.59 Å². The van der Waals surface area contributed by atoms with Crippen LogP contribution in [0, 0.1) is 6.92 Å². The lowest BCUT2D eigenvalue weighted by molar-refractivity contribution is -0.0149. The molecule has 2 atom stereocenters. The first-order valence-corrected chi connectivity index (χ1v) is 9.11. The van der Waals surface area contributed by atoms with E-state index in [1.165, 1.54) is 10.8 Å². The molecule has 3 rings (SSSR count). The fraction of sp³-hybridized carbons (Fsp3) is 0.316. The van der Waals surface area contributed by atoms with Crippen LogP contribution in [0.3, 0.4) is 0 Å². The van der Waals surface area contributed by atoms with E-state index in [-0.39, 0.29) is 6.61 Å². The molecule has 2 N–H and O–H groups in total. The number of aromatic nitrogens is 2. The number of alkyl carbamates (subject to hydrolysis) is 1. The van der Waals surface area contributed by atoms with E-state index >= 15 is 0 Å². The minimum absolute atomic E-state index is 0.00200. The minimum Gasteiger partial charge on any atom is -0.446 e. The van der Waals surface area contributed by atoms with E-state index in [4.69, 9.17) is 21.1 Å². The Labute approximate surface area is 165 Å². The summed E-state index contributed by atoms with van der Waals surface area (Å²) in [7, 11) is 0. The Morgan fingerprint density at radius 2 is 2.11 bits per heavy atom. The summed E-state index contributed by atoms with van der Waals surface area (Å²) < 4.78 is 12.1. The molecule has 1 amide bonds. The first-order valence-electron chi connectivity index (χ1n) is 8.74. The monoisotopic (exact) mass is 405 g/mol. The number of benzene rings is 1. The van der Waals surface area contributed by atoms with E-state index < -0.39 is 29.7 Å². The van der Waals surface area contributed by atoms with Gasteiger partial charge in [-0.15, -0.1) is 0 Å². The zero-order valence-corrected chi connectivity index (χ0v) is 15.9. The first kappa shape index (κ1) is 19.9. The van der Waals surface area contributed by atoms with Gasteiger partial charge in [0.2, 0.25) is 0 Å². The number of carbonyl (C=O) groups is 1. The third-order valence-electron chi connectivity index (χ3n) is 4.22. The predicted octanol–water partition coefficient (Wildman–Crippen LogP) is 1.92. The Morgan fingerprint density at radius 1 is 1.32 bits per heavy atom. The fourth-order valence-corrected chi connectivity index (χ4v) is 2.96. The molecule has 1 aromatic carbocycles. The third-order valence-corrected chi connectivity index (χ3v) is 4.59. The van der Waals surface area contributed by atoms with Crippen molar-refractivity contribution in [3.63, 3.8) is 0 Å². The fourth-order valence-electron chi connectivity index (χ4n) is 2.73. The molecule has 28 heavy (non-hydrogen) atoms. The molecule has 0 radical (unpaired) electrons. The van der Waals surface area contributed by atoms with E-state index in [0.29, 0.717) is 23.6 Å². The SMILES string of the molecule is Cc1cn([C@H]2C=C[C@@H](COC(=O)NCCc3ccccc3Cl)O2)c(=O)[nH]c1=O. The van der Waals surface area contributed by atoms with Gasteiger partial charge in [-0.2, -0.15) is 0 Å². The predicted molar refractivity (Wildman–Crippen MR) is 104 cm³/mol. The molecule has 0 fully saturated rings. The van der Waals surface area contributed by atoms with Crippen LogP contribution in [0.1, 0.15) is 17.4 Å². The highest BCUT2D eigenvalue weighted by atomic mass is 35.5. The van der Waals surface area contributed by atoms with Gasteiger partial charge in [0.15, 0.2) is 6.23 Å². The third kappa shape index (κ3) is 4.90. The molecule has 1 aliphatic heterocycles. The van der Waals surface area contributed by atoms with Crippen molar-refractivity contribution in [3.8, 4) is 0 Å². The largest absolute Gasteiger partial charge is 0.446 e. The van der Waals surface area contributed by atoms with Gasteiger partial charge in [0, 0.05) is 23.3 Å². The minimum atomic E-state index is -0.667. The van der Waals surface area contributed by atoms with Gasteiger partial charge in [0.05, 0.1) is 0 Å². The quantitative estimate of drug-likeness (QED) is 0.715. The number of aryl methyl sites for hydroxylation is 1. The van der Waals surface area contributed by atoms with Gasteiger partial charge in [0.1, 0.15) is 12.7 Å². The van der Waals surface area contributed by atoms with Crippen LogP contribution in [0.4, 0.5) is 4.79 Å². The van der Waals surface area contributed by atoms with Crippen LogP contribution in [0.15, 0.2) is 52.2 Å². The average Bonchev–Trinajstić information content (AvgIpc) is 3.13. The number of rotatable bonds is 6. The standard InChI is InChI=1S/C19H20ClN3O5/c1-12-10-23(18(25)22-17(12)24)16-7-6-14(28-16)11-27-19(26)21-9-8-13-4-2-3-5-15(13)20/h2-7,10,14,16H,8-9,11H2,1H3,(H,21,26)(H,22,24,25)/t14-,16+/m0/s1. The summed E-state index contributed by atoms with van der Waals surface area (Å²) in [4.78, 5) is 37.4. The Hall–Kier alpha value is -2.84. The summed E-state index contributed by atoms with van der Waals surface area (Å²) >= 11 is 6.07. The van der Waals surface area contributed by atoms with Crippen molar-refractivity contribution in [1.29, 1.82) is 0 Å². The molecule has 0 bridgehead atoms. The van der Waals surface area contributed by atoms with E-state index in [1.807, 2.05) is 18.2 Å². The van der Waals surface area contributed by atoms with Crippen LogP contribution in [-0.4, -0.2) is 34.9 Å². The van der Waals surface area contributed by atoms with Gasteiger partial charge < -0.3 is 14.8 Å². The van der Waals surface area contributed by atoms with Gasteiger partial charge in [-0.05, 0) is 31.1 Å². The molecule has 1 aromatic heterocycles. The summed E-state index contributed by atoms with van der Waals surface area (Å²) in [5, 5.41) is 3.31. The van der Waals surface area contributed by atoms with Crippen molar-refractivity contribution in [2.24, 2.45) is 0 Å². The Bertz CT molecular complexity index is 998. The molecule has 1 aliphatic rings. The van der Waals surface area contributed by atoms with Crippen LogP contribution in [0.5, 0.6) is 0 Å². The van der Waals surface area contributed by atoms with Crippen LogP contribution >= 0.6 is 11.6 Å². The van der Waals surface area contributed by atoms with Crippen LogP contribution in [0.25, 0.3) is 0 Å². The number of hydrogen-bond acceptors (Lipinski definition) is 5. The normalized spacial score (nSPS) is 18.2. The summed E-state index contributed by atoms with van der Waals surface area (Å²) in [5.74, 6) is 0. The maximum Gasteiger partial charge on any atom is 0.407 e. The van der Waals surface area contributed by atoms with E-state index in [9.17, 15) is 14.4 Å². The van der Waals surface area contributed by atoms with E-state index in [2.05, 4.69) is 10.3 Å². The summed E-state index contributed by atoms with van der Waals surface area (Å²) in [6.07, 6.45) is 3.67. The Balaban J connectivity index is 1.44. The van der Waals surface area contributed by atoms with Gasteiger partial charge in [-0.1, -0.05) is 35.9 Å². The van der Waals surface area contributed by atoms with Gasteiger partial charge in [-0.3, -0.25) is 14.3 Å². The molecular weight excluding hydrogens is 386 g/mol. The van der Waals surface area contributed by atoms with Crippen molar-refractivity contribution in [1.82, 2.24) is 14.9 Å². The average molecular weight is 406 g/mol. The second-order valence-corrected chi connectivity index (χ2v) is 6.70. The lowest BCUT2D eigenvalue weighted by atomic mass is 10.1. The highest BCUT2D eigenvalue weighted by molar-refractivity contribution is 6.31. The van der Waals surface area contributed by atoms with Gasteiger partial charge in [0.25, 0.3) is 5.56 Å². The van der Waals surface area contributed by atoms with Crippen molar-refractivity contribution in [3.05, 3.63) is 79.6 Å². The number of nitrogens with one attached hydrogen (secondary N) is 2. The Kier molecular flexibility index (Phi) is 6.33. The molecule has 0 unspecified atom stereocenters. The molecule has 0 spiro atoms. The molecule has 0 saturated heterocycles. The molecule has 148 valence electrons. The number of H-pyrrole nitrogens is 1. The molecule has 9 heteroatoms. The summed E-state index contributed by atoms with van der Waals surface area (Å²) in [6.45, 7) is 1.99. The van der Waals surface area contributed by atoms with Gasteiger partial charge >= 0.3 is 11.8 Å². The molecular formula is C19H20ClN3O5. The van der Waals surface area contributed by atoms with Crippen molar-refractivity contribution < 1.29 is 14.3 Å². The van der Waals surface area contributed by atoms with E-state index in [0.717, 1.165) is 5.56 Å². The number of halogens is 1. The number of amides is 1. The maximum absolute atomic E-state index is 11.9. The van der Waals surface area contributed by atoms with Crippen LogP contribution in [-0.2, 0) is 15.9 Å². The topological polar surface area (TPSA) is 102 Å². The first-order chi connectivity index (χ1) is 13.4. The molecule has 8 nitrogen and oxygen atoms in total. The van der Waals surface area contributed by atoms with E-state index in [1.54, 1.807) is 25.1 Å². The molecule has 0 saturated carbocycles. The number of hydrogen-bond donors (Lipinski definition) is 2.